The molecule has 1 aromatic heterocycles. The van der Waals surface area contributed by atoms with Gasteiger partial charge < -0.3 is 15.0 Å². The highest BCUT2D eigenvalue weighted by Gasteiger charge is 2.16. The first-order valence-electron chi connectivity index (χ1n) is 6.46. The van der Waals surface area contributed by atoms with Gasteiger partial charge >= 0.3 is 5.97 Å². The molecule has 0 unspecified atom stereocenters. The molecule has 1 atom stereocenters. The monoisotopic (exact) mass is 261 g/mol. The Labute approximate surface area is 112 Å². The van der Waals surface area contributed by atoms with E-state index >= 15 is 0 Å². The Kier molecular flexibility index (Phi) is 4.16. The molecule has 2 N–H and O–H groups in total. The molecule has 0 aliphatic heterocycles. The second kappa shape index (κ2) is 5.84. The molecule has 0 bridgehead atoms. The molecular weight excluding hydrogens is 242 g/mol. The van der Waals surface area contributed by atoms with Gasteiger partial charge in [0.05, 0.1) is 23.7 Å². The Morgan fingerprint density at radius 3 is 2.89 bits per heavy atom. The summed E-state index contributed by atoms with van der Waals surface area (Å²) in [5, 5.41) is 0. The van der Waals surface area contributed by atoms with Crippen molar-refractivity contribution in [1.29, 1.82) is 0 Å². The van der Waals surface area contributed by atoms with Crippen molar-refractivity contribution in [3.8, 4) is 0 Å². The zero-order chi connectivity index (χ0) is 13.8. The average Bonchev–Trinajstić information content (AvgIpc) is 2.74. The fourth-order valence-corrected chi connectivity index (χ4v) is 2.13. The zero-order valence-corrected chi connectivity index (χ0v) is 11.3. The lowest BCUT2D eigenvalue weighted by Gasteiger charge is -2.11. The van der Waals surface area contributed by atoms with Gasteiger partial charge in [-0.2, -0.15) is 0 Å². The van der Waals surface area contributed by atoms with Crippen LogP contribution < -0.4 is 5.73 Å². The highest BCUT2D eigenvalue weighted by Crippen LogP contribution is 2.20. The van der Waals surface area contributed by atoms with E-state index in [2.05, 4.69) is 4.98 Å². The van der Waals surface area contributed by atoms with Crippen molar-refractivity contribution < 1.29 is 9.53 Å². The number of aromatic nitrogens is 2. The molecule has 0 fully saturated rings. The summed E-state index contributed by atoms with van der Waals surface area (Å²) in [7, 11) is 1.94. The molecule has 1 heterocycles. The number of hydrogen-bond donors (Lipinski definition) is 1. The van der Waals surface area contributed by atoms with Crippen LogP contribution in [0.15, 0.2) is 24.3 Å². The molecule has 1 aromatic carbocycles. The molecule has 19 heavy (non-hydrogen) atoms. The number of hydrogen-bond acceptors (Lipinski definition) is 4. The zero-order valence-electron chi connectivity index (χ0n) is 11.3. The Bertz CT molecular complexity index is 577. The first-order chi connectivity index (χ1) is 9.13. The maximum Gasteiger partial charge on any atom is 0.305 e. The molecule has 102 valence electrons. The Morgan fingerprint density at radius 1 is 1.47 bits per heavy atom. The summed E-state index contributed by atoms with van der Waals surface area (Å²) in [4.78, 5) is 15.9. The second-order valence-corrected chi connectivity index (χ2v) is 4.47. The van der Waals surface area contributed by atoms with Gasteiger partial charge in [-0.15, -0.1) is 0 Å². The van der Waals surface area contributed by atoms with Crippen molar-refractivity contribution in [1.82, 2.24) is 9.55 Å². The lowest BCUT2D eigenvalue weighted by atomic mass is 10.1. The third-order valence-electron chi connectivity index (χ3n) is 3.12. The van der Waals surface area contributed by atoms with Crippen LogP contribution in [0.4, 0.5) is 0 Å². The SMILES string of the molecule is CCOC(=O)CC[C@H](N)c1nc2ccccc2n1C. The molecule has 2 rings (SSSR count). The maximum atomic E-state index is 11.3. The van der Waals surface area contributed by atoms with Gasteiger partial charge in [0, 0.05) is 13.5 Å². The largest absolute Gasteiger partial charge is 0.466 e. The number of nitrogens with two attached hydrogens (primary N) is 1. The second-order valence-electron chi connectivity index (χ2n) is 4.47. The minimum absolute atomic E-state index is 0.211. The maximum absolute atomic E-state index is 11.3. The Morgan fingerprint density at radius 2 is 2.21 bits per heavy atom. The van der Waals surface area contributed by atoms with E-state index in [1.54, 1.807) is 6.92 Å². The van der Waals surface area contributed by atoms with Gasteiger partial charge in [0.1, 0.15) is 5.82 Å². The smallest absolute Gasteiger partial charge is 0.305 e. The van der Waals surface area contributed by atoms with Gasteiger partial charge in [-0.3, -0.25) is 4.79 Å². The third-order valence-corrected chi connectivity index (χ3v) is 3.12. The standard InChI is InChI=1S/C14H19N3O2/c1-3-19-13(18)9-8-10(15)14-16-11-6-4-5-7-12(11)17(14)2/h4-7,10H,3,8-9,15H2,1-2H3/t10-/m0/s1. The molecule has 0 saturated heterocycles. The molecule has 0 radical (unpaired) electrons. The van der Waals surface area contributed by atoms with Crippen molar-refractivity contribution in [3.05, 3.63) is 30.1 Å². The topological polar surface area (TPSA) is 70.1 Å². The van der Waals surface area contributed by atoms with E-state index in [4.69, 9.17) is 10.5 Å². The van der Waals surface area contributed by atoms with Crippen molar-refractivity contribution in [2.75, 3.05) is 6.61 Å². The van der Waals surface area contributed by atoms with Crippen LogP contribution in [-0.4, -0.2) is 22.1 Å². The van der Waals surface area contributed by atoms with Gasteiger partial charge in [0.25, 0.3) is 0 Å². The van der Waals surface area contributed by atoms with E-state index in [0.717, 1.165) is 16.9 Å². The number of fused-ring (bicyclic) bond motifs is 1. The normalized spacial score (nSPS) is 12.6. The molecular formula is C14H19N3O2. The highest BCUT2D eigenvalue weighted by atomic mass is 16.5. The molecule has 0 aliphatic carbocycles. The van der Waals surface area contributed by atoms with E-state index in [0.29, 0.717) is 19.4 Å². The first kappa shape index (κ1) is 13.5. The lowest BCUT2D eigenvalue weighted by Crippen LogP contribution is -2.17. The summed E-state index contributed by atoms with van der Waals surface area (Å²) in [6.45, 7) is 2.20. The van der Waals surface area contributed by atoms with Crippen LogP contribution in [0.25, 0.3) is 11.0 Å². The summed E-state index contributed by atoms with van der Waals surface area (Å²) in [6, 6.07) is 7.61. The number of nitrogens with zero attached hydrogens (tertiary/aromatic N) is 2. The summed E-state index contributed by atoms with van der Waals surface area (Å²) < 4.78 is 6.87. The number of para-hydroxylation sites is 2. The van der Waals surface area contributed by atoms with Gasteiger partial charge in [-0.05, 0) is 25.5 Å². The molecule has 0 spiro atoms. The van der Waals surface area contributed by atoms with Crippen molar-refractivity contribution >= 4 is 17.0 Å². The van der Waals surface area contributed by atoms with Crippen LogP contribution in [0.2, 0.25) is 0 Å². The van der Waals surface area contributed by atoms with E-state index in [1.807, 2.05) is 35.9 Å². The van der Waals surface area contributed by atoms with Gasteiger partial charge in [0.15, 0.2) is 0 Å². The molecule has 0 amide bonds. The van der Waals surface area contributed by atoms with E-state index in [-0.39, 0.29) is 12.0 Å². The van der Waals surface area contributed by atoms with Crippen LogP contribution in [0.5, 0.6) is 0 Å². The van der Waals surface area contributed by atoms with Crippen molar-refractivity contribution in [2.45, 2.75) is 25.8 Å². The number of carbonyl (C=O) groups excluding carboxylic acids is 1. The van der Waals surface area contributed by atoms with Crippen LogP contribution >= 0.6 is 0 Å². The fourth-order valence-electron chi connectivity index (χ4n) is 2.13. The lowest BCUT2D eigenvalue weighted by molar-refractivity contribution is -0.143. The summed E-state index contributed by atoms with van der Waals surface area (Å²) in [5.74, 6) is 0.585. The fraction of sp³-hybridized carbons (Fsp3) is 0.429. The van der Waals surface area contributed by atoms with Crippen LogP contribution in [0.3, 0.4) is 0 Å². The Balaban J connectivity index is 2.11. The van der Waals surface area contributed by atoms with Crippen LogP contribution in [-0.2, 0) is 16.6 Å². The van der Waals surface area contributed by atoms with E-state index in [9.17, 15) is 4.79 Å². The number of benzene rings is 1. The van der Waals surface area contributed by atoms with Crippen LogP contribution in [0, 0.1) is 0 Å². The quantitative estimate of drug-likeness (QED) is 0.835. The molecule has 5 nitrogen and oxygen atoms in total. The summed E-state index contributed by atoms with van der Waals surface area (Å²) in [5.41, 5.74) is 8.08. The van der Waals surface area contributed by atoms with Crippen LogP contribution in [0.1, 0.15) is 31.6 Å². The van der Waals surface area contributed by atoms with E-state index in [1.165, 1.54) is 0 Å². The predicted molar refractivity (Wildman–Crippen MR) is 73.5 cm³/mol. The molecule has 5 heteroatoms. The molecule has 2 aromatic rings. The third kappa shape index (κ3) is 2.93. The number of rotatable bonds is 5. The van der Waals surface area contributed by atoms with Gasteiger partial charge in [-0.1, -0.05) is 12.1 Å². The molecule has 0 saturated carbocycles. The number of esters is 1. The average molecular weight is 261 g/mol. The van der Waals surface area contributed by atoms with E-state index < -0.39 is 0 Å². The minimum Gasteiger partial charge on any atom is -0.466 e. The first-order valence-corrected chi connectivity index (χ1v) is 6.46. The molecule has 0 aliphatic rings. The van der Waals surface area contributed by atoms with Crippen molar-refractivity contribution in [3.63, 3.8) is 0 Å². The summed E-state index contributed by atoms with van der Waals surface area (Å²) in [6.07, 6.45) is 0.855. The van der Waals surface area contributed by atoms with Gasteiger partial charge in [-0.25, -0.2) is 4.98 Å². The number of ether oxygens (including phenoxy) is 1. The van der Waals surface area contributed by atoms with Gasteiger partial charge in [0.2, 0.25) is 0 Å². The van der Waals surface area contributed by atoms with Crippen molar-refractivity contribution in [2.24, 2.45) is 12.8 Å². The minimum atomic E-state index is -0.262. The summed E-state index contributed by atoms with van der Waals surface area (Å²) >= 11 is 0. The number of aryl methyl sites for hydroxylation is 1. The number of carbonyl (C=O) groups is 1. The Hall–Kier alpha value is -1.88. The highest BCUT2D eigenvalue weighted by molar-refractivity contribution is 5.76. The number of imidazole rings is 1. The predicted octanol–water partition coefficient (Wildman–Crippen LogP) is 1.92.